The van der Waals surface area contributed by atoms with Crippen molar-refractivity contribution in [3.63, 3.8) is 0 Å². The standard InChI is InChI=1S/C20H15N3O2/c1-24-12-14-16(10-21)22-11-17-19(14)20-15(23-17)8-5-9-18(20)25-13-6-3-2-4-7-13/h2-9,11,23H,12H2,1H3. The smallest absolute Gasteiger partial charge is 0.146 e. The molecule has 0 amide bonds. The van der Waals surface area contributed by atoms with Gasteiger partial charge in [0.2, 0.25) is 0 Å². The van der Waals surface area contributed by atoms with E-state index in [0.717, 1.165) is 38.9 Å². The number of methoxy groups -OCH3 is 1. The van der Waals surface area contributed by atoms with Gasteiger partial charge >= 0.3 is 0 Å². The van der Waals surface area contributed by atoms with Crippen LogP contribution in [0.2, 0.25) is 0 Å². The first-order valence-corrected chi connectivity index (χ1v) is 7.86. The highest BCUT2D eigenvalue weighted by Crippen LogP contribution is 2.37. The van der Waals surface area contributed by atoms with Crippen molar-refractivity contribution >= 4 is 21.8 Å². The number of benzene rings is 2. The molecule has 0 unspecified atom stereocenters. The first-order valence-electron chi connectivity index (χ1n) is 7.86. The van der Waals surface area contributed by atoms with Crippen LogP contribution in [0.15, 0.2) is 54.7 Å². The zero-order valence-electron chi connectivity index (χ0n) is 13.6. The van der Waals surface area contributed by atoms with Crippen LogP contribution < -0.4 is 4.74 Å². The summed E-state index contributed by atoms with van der Waals surface area (Å²) in [5, 5.41) is 11.2. The minimum atomic E-state index is 0.305. The number of nitrogens with one attached hydrogen (secondary N) is 1. The Bertz CT molecular complexity index is 1090. The van der Waals surface area contributed by atoms with Gasteiger partial charge in [-0.05, 0) is 24.3 Å². The van der Waals surface area contributed by atoms with Gasteiger partial charge in [0.05, 0.1) is 29.2 Å². The monoisotopic (exact) mass is 329 g/mol. The molecule has 5 heteroatoms. The van der Waals surface area contributed by atoms with Gasteiger partial charge in [-0.15, -0.1) is 0 Å². The molecule has 5 nitrogen and oxygen atoms in total. The van der Waals surface area contributed by atoms with Gasteiger partial charge in [0, 0.05) is 18.1 Å². The lowest BCUT2D eigenvalue weighted by Gasteiger charge is -2.09. The molecule has 0 aliphatic carbocycles. The molecule has 0 aliphatic rings. The van der Waals surface area contributed by atoms with Gasteiger partial charge in [0.15, 0.2) is 0 Å². The van der Waals surface area contributed by atoms with Gasteiger partial charge in [-0.3, -0.25) is 0 Å². The van der Waals surface area contributed by atoms with E-state index < -0.39 is 0 Å². The molecule has 0 aliphatic heterocycles. The average molecular weight is 329 g/mol. The highest BCUT2D eigenvalue weighted by molar-refractivity contribution is 6.12. The fourth-order valence-corrected chi connectivity index (χ4v) is 3.05. The largest absolute Gasteiger partial charge is 0.457 e. The Labute approximate surface area is 144 Å². The predicted molar refractivity (Wildman–Crippen MR) is 95.5 cm³/mol. The topological polar surface area (TPSA) is 70.9 Å². The Hall–Kier alpha value is -3.36. The number of hydrogen-bond donors (Lipinski definition) is 1. The molecule has 0 radical (unpaired) electrons. The van der Waals surface area contributed by atoms with Crippen molar-refractivity contribution in [3.05, 3.63) is 66.0 Å². The van der Waals surface area contributed by atoms with E-state index in [1.165, 1.54) is 0 Å². The van der Waals surface area contributed by atoms with Gasteiger partial charge in [0.1, 0.15) is 23.3 Å². The minimum Gasteiger partial charge on any atom is -0.457 e. The molecule has 0 bridgehead atoms. The summed E-state index contributed by atoms with van der Waals surface area (Å²) < 4.78 is 11.4. The summed E-state index contributed by atoms with van der Waals surface area (Å²) in [5.41, 5.74) is 2.91. The maximum atomic E-state index is 9.41. The molecule has 2 aromatic carbocycles. The minimum absolute atomic E-state index is 0.305. The highest BCUT2D eigenvalue weighted by Gasteiger charge is 2.17. The van der Waals surface area contributed by atoms with Crippen molar-refractivity contribution in [1.82, 2.24) is 9.97 Å². The first-order chi connectivity index (χ1) is 12.3. The molecule has 2 heterocycles. The summed E-state index contributed by atoms with van der Waals surface area (Å²) in [6.07, 6.45) is 1.68. The molecular weight excluding hydrogens is 314 g/mol. The molecule has 0 atom stereocenters. The van der Waals surface area contributed by atoms with Crippen LogP contribution in [0.1, 0.15) is 11.3 Å². The number of nitriles is 1. The number of aromatic amines is 1. The second-order valence-electron chi connectivity index (χ2n) is 5.64. The van der Waals surface area contributed by atoms with Crippen molar-refractivity contribution in [2.45, 2.75) is 6.61 Å². The summed E-state index contributed by atoms with van der Waals surface area (Å²) in [7, 11) is 1.61. The lowest BCUT2D eigenvalue weighted by Crippen LogP contribution is -1.97. The summed E-state index contributed by atoms with van der Waals surface area (Å²) in [6, 6.07) is 17.6. The Morgan fingerprint density at radius 3 is 2.64 bits per heavy atom. The molecule has 4 aromatic rings. The van der Waals surface area contributed by atoms with Crippen molar-refractivity contribution in [2.75, 3.05) is 7.11 Å². The molecule has 0 saturated carbocycles. The number of fused-ring (bicyclic) bond motifs is 3. The third-order valence-corrected chi connectivity index (χ3v) is 4.09. The van der Waals surface area contributed by atoms with E-state index in [1.54, 1.807) is 13.3 Å². The molecule has 1 N–H and O–H groups in total. The van der Waals surface area contributed by atoms with Crippen LogP contribution >= 0.6 is 0 Å². The van der Waals surface area contributed by atoms with Crippen molar-refractivity contribution in [2.24, 2.45) is 0 Å². The van der Waals surface area contributed by atoms with Gasteiger partial charge in [-0.25, -0.2) is 4.98 Å². The normalized spacial score (nSPS) is 10.9. The van der Waals surface area contributed by atoms with Crippen LogP contribution in [-0.2, 0) is 11.3 Å². The summed E-state index contributed by atoms with van der Waals surface area (Å²) in [4.78, 5) is 7.59. The Kier molecular flexibility index (Phi) is 3.81. The zero-order valence-corrected chi connectivity index (χ0v) is 13.6. The van der Waals surface area contributed by atoms with Crippen LogP contribution in [-0.4, -0.2) is 17.1 Å². The van der Waals surface area contributed by atoms with E-state index in [9.17, 15) is 5.26 Å². The maximum absolute atomic E-state index is 9.41. The number of nitrogens with zero attached hydrogens (tertiary/aromatic N) is 2. The zero-order chi connectivity index (χ0) is 17.2. The fraction of sp³-hybridized carbons (Fsp3) is 0.100. The van der Waals surface area contributed by atoms with Crippen molar-refractivity contribution in [3.8, 4) is 17.6 Å². The second-order valence-corrected chi connectivity index (χ2v) is 5.64. The SMILES string of the molecule is COCc1c(C#N)ncc2[nH]c3cccc(Oc4ccccc4)c3c12. The molecule has 25 heavy (non-hydrogen) atoms. The van der Waals surface area contributed by atoms with Crippen LogP contribution in [0.4, 0.5) is 0 Å². The molecule has 0 spiro atoms. The molecule has 122 valence electrons. The lowest BCUT2D eigenvalue weighted by atomic mass is 10.1. The Morgan fingerprint density at radius 2 is 1.88 bits per heavy atom. The third-order valence-electron chi connectivity index (χ3n) is 4.09. The number of aromatic nitrogens is 2. The lowest BCUT2D eigenvalue weighted by molar-refractivity contribution is 0.185. The molecular formula is C20H15N3O2. The van der Waals surface area contributed by atoms with E-state index in [2.05, 4.69) is 16.0 Å². The summed E-state index contributed by atoms with van der Waals surface area (Å²) in [6.45, 7) is 0.305. The third kappa shape index (κ3) is 2.59. The quantitative estimate of drug-likeness (QED) is 0.597. The van der Waals surface area contributed by atoms with E-state index in [-0.39, 0.29) is 0 Å². The summed E-state index contributed by atoms with van der Waals surface area (Å²) >= 11 is 0. The number of ether oxygens (including phenoxy) is 2. The van der Waals surface area contributed by atoms with Crippen molar-refractivity contribution < 1.29 is 9.47 Å². The number of rotatable bonds is 4. The van der Waals surface area contributed by atoms with Crippen molar-refractivity contribution in [1.29, 1.82) is 5.26 Å². The number of para-hydroxylation sites is 1. The number of hydrogen-bond acceptors (Lipinski definition) is 4. The number of pyridine rings is 1. The average Bonchev–Trinajstić information content (AvgIpc) is 3.03. The van der Waals surface area contributed by atoms with Crippen LogP contribution in [0, 0.1) is 11.3 Å². The maximum Gasteiger partial charge on any atom is 0.146 e. The Morgan fingerprint density at radius 1 is 1.04 bits per heavy atom. The van der Waals surface area contributed by atoms with E-state index >= 15 is 0 Å². The van der Waals surface area contributed by atoms with E-state index in [4.69, 9.17) is 9.47 Å². The van der Waals surface area contributed by atoms with Gasteiger partial charge < -0.3 is 14.5 Å². The first kappa shape index (κ1) is 15.2. The van der Waals surface area contributed by atoms with Crippen LogP contribution in [0.5, 0.6) is 11.5 Å². The van der Waals surface area contributed by atoms with E-state index in [0.29, 0.717) is 12.3 Å². The van der Waals surface area contributed by atoms with Gasteiger partial charge in [-0.2, -0.15) is 5.26 Å². The van der Waals surface area contributed by atoms with E-state index in [1.807, 2.05) is 48.5 Å². The van der Waals surface area contributed by atoms with Gasteiger partial charge in [0.25, 0.3) is 0 Å². The predicted octanol–water partition coefficient (Wildman–Crippen LogP) is 4.53. The highest BCUT2D eigenvalue weighted by atomic mass is 16.5. The van der Waals surface area contributed by atoms with Gasteiger partial charge in [-0.1, -0.05) is 24.3 Å². The number of H-pyrrole nitrogens is 1. The Balaban J connectivity index is 2.01. The van der Waals surface area contributed by atoms with Crippen LogP contribution in [0.25, 0.3) is 21.8 Å². The molecule has 4 rings (SSSR count). The second kappa shape index (κ2) is 6.27. The molecule has 2 aromatic heterocycles. The summed E-state index contributed by atoms with van der Waals surface area (Å²) in [5.74, 6) is 1.48. The van der Waals surface area contributed by atoms with Crippen LogP contribution in [0.3, 0.4) is 0 Å². The fourth-order valence-electron chi connectivity index (χ4n) is 3.05. The molecule has 0 saturated heterocycles. The molecule has 0 fully saturated rings.